The number of aryl methyl sites for hydroxylation is 1. The number of methoxy groups -OCH3 is 1. The SMILES string of the molecule is COc1cccc(Oc2c(C)cccc2C(=O)O)n1. The van der Waals surface area contributed by atoms with Crippen molar-refractivity contribution in [3.05, 3.63) is 47.5 Å². The molecule has 2 rings (SSSR count). The lowest BCUT2D eigenvalue weighted by atomic mass is 10.1. The number of para-hydroxylation sites is 1. The number of carbonyl (C=O) groups is 1. The van der Waals surface area contributed by atoms with Gasteiger partial charge in [0.05, 0.1) is 7.11 Å². The van der Waals surface area contributed by atoms with Crippen molar-refractivity contribution < 1.29 is 19.4 Å². The Morgan fingerprint density at radius 3 is 2.53 bits per heavy atom. The summed E-state index contributed by atoms with van der Waals surface area (Å²) in [6.07, 6.45) is 0. The van der Waals surface area contributed by atoms with Crippen molar-refractivity contribution in [3.8, 4) is 17.5 Å². The first-order valence-electron chi connectivity index (χ1n) is 5.63. The Bertz CT molecular complexity index is 610. The van der Waals surface area contributed by atoms with E-state index in [0.29, 0.717) is 5.88 Å². The minimum Gasteiger partial charge on any atom is -0.481 e. The standard InChI is InChI=1S/C14H13NO4/c1-9-5-3-6-10(14(16)17)13(9)19-12-8-4-7-11(15-12)18-2/h3-8H,1-2H3,(H,16,17). The van der Waals surface area contributed by atoms with E-state index in [0.717, 1.165) is 5.56 Å². The molecule has 0 spiro atoms. The Labute approximate surface area is 110 Å². The van der Waals surface area contributed by atoms with Gasteiger partial charge in [-0.1, -0.05) is 18.2 Å². The second kappa shape index (κ2) is 5.39. The molecule has 1 aromatic heterocycles. The zero-order chi connectivity index (χ0) is 13.8. The maximum atomic E-state index is 11.2. The number of benzene rings is 1. The Hall–Kier alpha value is -2.56. The van der Waals surface area contributed by atoms with E-state index in [4.69, 9.17) is 14.6 Å². The number of rotatable bonds is 4. The van der Waals surface area contributed by atoms with Gasteiger partial charge in [-0.3, -0.25) is 0 Å². The summed E-state index contributed by atoms with van der Waals surface area (Å²) in [6.45, 7) is 1.78. The molecule has 19 heavy (non-hydrogen) atoms. The molecule has 1 heterocycles. The van der Waals surface area contributed by atoms with Gasteiger partial charge in [0.2, 0.25) is 11.8 Å². The van der Waals surface area contributed by atoms with Gasteiger partial charge in [0.25, 0.3) is 0 Å². The van der Waals surface area contributed by atoms with E-state index in [1.54, 1.807) is 37.3 Å². The minimum atomic E-state index is -1.04. The molecule has 1 aromatic carbocycles. The molecule has 0 aliphatic heterocycles. The normalized spacial score (nSPS) is 10.0. The molecule has 0 fully saturated rings. The summed E-state index contributed by atoms with van der Waals surface area (Å²) >= 11 is 0. The van der Waals surface area contributed by atoms with E-state index < -0.39 is 5.97 Å². The molecule has 2 aromatic rings. The largest absolute Gasteiger partial charge is 0.481 e. The highest BCUT2D eigenvalue weighted by atomic mass is 16.5. The predicted molar refractivity (Wildman–Crippen MR) is 69.0 cm³/mol. The Morgan fingerprint density at radius 1 is 1.16 bits per heavy atom. The summed E-state index contributed by atoms with van der Waals surface area (Å²) in [6, 6.07) is 9.99. The highest BCUT2D eigenvalue weighted by Crippen LogP contribution is 2.28. The van der Waals surface area contributed by atoms with E-state index in [9.17, 15) is 4.79 Å². The molecule has 5 heteroatoms. The molecule has 98 valence electrons. The first-order chi connectivity index (χ1) is 9.11. The number of aromatic nitrogens is 1. The molecule has 0 atom stereocenters. The number of hydrogen-bond acceptors (Lipinski definition) is 4. The molecule has 0 aliphatic rings. The fraction of sp³-hybridized carbons (Fsp3) is 0.143. The zero-order valence-corrected chi connectivity index (χ0v) is 10.6. The number of aromatic carboxylic acids is 1. The molecule has 0 amide bonds. The monoisotopic (exact) mass is 259 g/mol. The molecular weight excluding hydrogens is 246 g/mol. The number of pyridine rings is 1. The third kappa shape index (κ3) is 2.82. The average molecular weight is 259 g/mol. The minimum absolute atomic E-state index is 0.101. The van der Waals surface area contributed by atoms with Crippen LogP contribution >= 0.6 is 0 Å². The maximum absolute atomic E-state index is 11.2. The van der Waals surface area contributed by atoms with Crippen molar-refractivity contribution in [3.63, 3.8) is 0 Å². The smallest absolute Gasteiger partial charge is 0.339 e. The molecule has 0 aliphatic carbocycles. The number of ether oxygens (including phenoxy) is 2. The molecule has 1 N–H and O–H groups in total. The summed E-state index contributed by atoms with van der Waals surface area (Å²) in [5, 5.41) is 9.14. The van der Waals surface area contributed by atoms with E-state index in [-0.39, 0.29) is 17.2 Å². The summed E-state index contributed by atoms with van der Waals surface area (Å²) in [5.74, 6) is -0.0588. The Morgan fingerprint density at radius 2 is 1.84 bits per heavy atom. The van der Waals surface area contributed by atoms with E-state index in [1.165, 1.54) is 13.2 Å². The van der Waals surface area contributed by atoms with Gasteiger partial charge in [0.15, 0.2) is 0 Å². The predicted octanol–water partition coefficient (Wildman–Crippen LogP) is 2.89. The number of carboxylic acid groups (broad SMARTS) is 1. The van der Waals surface area contributed by atoms with Gasteiger partial charge < -0.3 is 14.6 Å². The maximum Gasteiger partial charge on any atom is 0.339 e. The Kier molecular flexibility index (Phi) is 3.66. The molecular formula is C14H13NO4. The van der Waals surface area contributed by atoms with Crippen LogP contribution in [-0.4, -0.2) is 23.2 Å². The summed E-state index contributed by atoms with van der Waals surface area (Å²) in [4.78, 5) is 15.3. The molecule has 0 unspecified atom stereocenters. The first kappa shape index (κ1) is 12.9. The molecule has 0 radical (unpaired) electrons. The van der Waals surface area contributed by atoms with Gasteiger partial charge in [0.1, 0.15) is 11.3 Å². The van der Waals surface area contributed by atoms with Crippen LogP contribution in [0.25, 0.3) is 0 Å². The van der Waals surface area contributed by atoms with Crippen LogP contribution in [-0.2, 0) is 0 Å². The van der Waals surface area contributed by atoms with Crippen molar-refractivity contribution in [2.45, 2.75) is 6.92 Å². The van der Waals surface area contributed by atoms with Crippen molar-refractivity contribution in [2.75, 3.05) is 7.11 Å². The summed E-state index contributed by atoms with van der Waals surface area (Å²) in [5.41, 5.74) is 0.828. The van der Waals surface area contributed by atoms with Crippen LogP contribution in [0.3, 0.4) is 0 Å². The van der Waals surface area contributed by atoms with Crippen LogP contribution in [0.15, 0.2) is 36.4 Å². The Balaban J connectivity index is 2.40. The summed E-state index contributed by atoms with van der Waals surface area (Å²) < 4.78 is 10.6. The van der Waals surface area contributed by atoms with E-state index in [2.05, 4.69) is 4.98 Å². The van der Waals surface area contributed by atoms with Crippen LogP contribution < -0.4 is 9.47 Å². The number of carboxylic acids is 1. The van der Waals surface area contributed by atoms with Gasteiger partial charge >= 0.3 is 5.97 Å². The highest BCUT2D eigenvalue weighted by molar-refractivity contribution is 5.91. The second-order valence-electron chi connectivity index (χ2n) is 3.88. The van der Waals surface area contributed by atoms with Gasteiger partial charge in [-0.15, -0.1) is 0 Å². The van der Waals surface area contributed by atoms with Gasteiger partial charge in [0, 0.05) is 12.1 Å². The van der Waals surface area contributed by atoms with Crippen molar-refractivity contribution >= 4 is 5.97 Å². The van der Waals surface area contributed by atoms with Crippen molar-refractivity contribution in [1.29, 1.82) is 0 Å². The molecule has 0 saturated carbocycles. The number of hydrogen-bond donors (Lipinski definition) is 1. The quantitative estimate of drug-likeness (QED) is 0.914. The topological polar surface area (TPSA) is 68.7 Å². The lowest BCUT2D eigenvalue weighted by Gasteiger charge is -2.11. The van der Waals surface area contributed by atoms with Gasteiger partial charge in [-0.05, 0) is 18.6 Å². The average Bonchev–Trinajstić information content (AvgIpc) is 2.41. The highest BCUT2D eigenvalue weighted by Gasteiger charge is 2.14. The van der Waals surface area contributed by atoms with Crippen molar-refractivity contribution in [1.82, 2.24) is 4.98 Å². The molecule has 0 bridgehead atoms. The lowest BCUT2D eigenvalue weighted by molar-refractivity contribution is 0.0694. The van der Waals surface area contributed by atoms with Gasteiger partial charge in [-0.2, -0.15) is 4.98 Å². The summed E-state index contributed by atoms with van der Waals surface area (Å²) in [7, 11) is 1.50. The van der Waals surface area contributed by atoms with Crippen LogP contribution in [0, 0.1) is 6.92 Å². The van der Waals surface area contributed by atoms with Gasteiger partial charge in [-0.25, -0.2) is 4.79 Å². The fourth-order valence-electron chi connectivity index (χ4n) is 1.63. The van der Waals surface area contributed by atoms with Crippen LogP contribution in [0.2, 0.25) is 0 Å². The molecule has 5 nitrogen and oxygen atoms in total. The van der Waals surface area contributed by atoms with Crippen LogP contribution in [0.5, 0.6) is 17.5 Å². The van der Waals surface area contributed by atoms with Crippen LogP contribution in [0.4, 0.5) is 0 Å². The molecule has 0 saturated heterocycles. The van der Waals surface area contributed by atoms with E-state index in [1.807, 2.05) is 0 Å². The number of nitrogens with zero attached hydrogens (tertiary/aromatic N) is 1. The third-order valence-corrected chi connectivity index (χ3v) is 2.56. The van der Waals surface area contributed by atoms with Crippen molar-refractivity contribution in [2.24, 2.45) is 0 Å². The third-order valence-electron chi connectivity index (χ3n) is 2.56. The second-order valence-corrected chi connectivity index (χ2v) is 3.88. The van der Waals surface area contributed by atoms with Crippen LogP contribution in [0.1, 0.15) is 15.9 Å². The fourth-order valence-corrected chi connectivity index (χ4v) is 1.63. The van der Waals surface area contributed by atoms with E-state index >= 15 is 0 Å². The lowest BCUT2D eigenvalue weighted by Crippen LogP contribution is -2.02. The zero-order valence-electron chi connectivity index (χ0n) is 10.6. The first-order valence-corrected chi connectivity index (χ1v) is 5.63.